The molecule has 2 aliphatic rings. The van der Waals surface area contributed by atoms with E-state index in [2.05, 4.69) is 10.6 Å². The summed E-state index contributed by atoms with van der Waals surface area (Å²) in [4.78, 5) is 18.7. The first kappa shape index (κ1) is 21.6. The number of carbonyl (C=O) groups excluding carboxylic acids is 1. The Morgan fingerprint density at radius 2 is 2.14 bits per heavy atom. The van der Waals surface area contributed by atoms with Crippen LogP contribution in [0.5, 0.6) is 0 Å². The Balaban J connectivity index is 1.72. The van der Waals surface area contributed by atoms with Gasteiger partial charge in [-0.1, -0.05) is 19.1 Å². The molecule has 2 fully saturated rings. The maximum absolute atomic E-state index is 13.9. The minimum Gasteiger partial charge on any atom is -0.381 e. The van der Waals surface area contributed by atoms with Gasteiger partial charge in [-0.15, -0.1) is 0 Å². The van der Waals surface area contributed by atoms with Crippen molar-refractivity contribution in [1.82, 2.24) is 15.5 Å². The van der Waals surface area contributed by atoms with Crippen molar-refractivity contribution in [3.8, 4) is 0 Å². The molecular weight excluding hydrogens is 371 g/mol. The van der Waals surface area contributed by atoms with Crippen LogP contribution in [0, 0.1) is 5.82 Å². The van der Waals surface area contributed by atoms with Crippen LogP contribution < -0.4 is 10.6 Å². The van der Waals surface area contributed by atoms with E-state index in [-0.39, 0.29) is 23.2 Å². The van der Waals surface area contributed by atoms with Crippen LogP contribution in [-0.4, -0.2) is 62.2 Å². The largest absolute Gasteiger partial charge is 0.381 e. The van der Waals surface area contributed by atoms with Gasteiger partial charge in [0.15, 0.2) is 5.96 Å². The standard InChI is InChI=1S/C22H33FN4O2/c1-3-20(28)27-11-8-19(15-27)26-21(24-4-2)25-16-22(9-12-29-13-10-22)17-6-5-7-18(23)14-17/h5-7,14,19H,3-4,8-13,15-16H2,1-2H3,(H2,24,25,26). The van der Waals surface area contributed by atoms with E-state index in [1.807, 2.05) is 24.8 Å². The van der Waals surface area contributed by atoms with Crippen molar-refractivity contribution in [3.05, 3.63) is 35.6 Å². The zero-order valence-corrected chi connectivity index (χ0v) is 17.5. The van der Waals surface area contributed by atoms with Crippen LogP contribution in [-0.2, 0) is 14.9 Å². The fourth-order valence-electron chi connectivity index (χ4n) is 4.19. The molecule has 160 valence electrons. The number of rotatable bonds is 6. The maximum atomic E-state index is 13.9. The van der Waals surface area contributed by atoms with E-state index in [1.165, 1.54) is 6.07 Å². The van der Waals surface area contributed by atoms with E-state index in [1.54, 1.807) is 12.1 Å². The van der Waals surface area contributed by atoms with Gasteiger partial charge in [-0.05, 0) is 43.9 Å². The number of halogens is 1. The highest BCUT2D eigenvalue weighted by atomic mass is 19.1. The number of likely N-dealkylation sites (tertiary alicyclic amines) is 1. The summed E-state index contributed by atoms with van der Waals surface area (Å²) in [5.41, 5.74) is 0.767. The Kier molecular flexibility index (Phi) is 7.47. The number of ether oxygens (including phenoxy) is 1. The molecule has 0 saturated carbocycles. The van der Waals surface area contributed by atoms with Gasteiger partial charge in [0.25, 0.3) is 0 Å². The molecule has 1 aromatic carbocycles. The van der Waals surface area contributed by atoms with E-state index in [4.69, 9.17) is 9.73 Å². The van der Waals surface area contributed by atoms with Crippen LogP contribution in [0.4, 0.5) is 4.39 Å². The third kappa shape index (κ3) is 5.47. The molecule has 6 nitrogen and oxygen atoms in total. The van der Waals surface area contributed by atoms with Gasteiger partial charge in [-0.25, -0.2) is 4.39 Å². The highest BCUT2D eigenvalue weighted by Crippen LogP contribution is 2.35. The van der Waals surface area contributed by atoms with Crippen LogP contribution >= 0.6 is 0 Å². The molecule has 1 aromatic rings. The van der Waals surface area contributed by atoms with Crippen LogP contribution in [0.15, 0.2) is 29.3 Å². The van der Waals surface area contributed by atoms with Crippen molar-refractivity contribution in [1.29, 1.82) is 0 Å². The minimum atomic E-state index is -0.220. The number of guanidine groups is 1. The van der Waals surface area contributed by atoms with E-state index >= 15 is 0 Å². The van der Waals surface area contributed by atoms with Crippen LogP contribution in [0.2, 0.25) is 0 Å². The lowest BCUT2D eigenvalue weighted by atomic mass is 9.74. The third-order valence-corrected chi connectivity index (χ3v) is 5.96. The highest BCUT2D eigenvalue weighted by Gasteiger charge is 2.35. The van der Waals surface area contributed by atoms with Gasteiger partial charge >= 0.3 is 0 Å². The number of aliphatic imine (C=N–C) groups is 1. The lowest BCUT2D eigenvalue weighted by molar-refractivity contribution is -0.129. The number of nitrogens with zero attached hydrogens (tertiary/aromatic N) is 2. The lowest BCUT2D eigenvalue weighted by Crippen LogP contribution is -2.46. The number of amides is 1. The number of hydrogen-bond acceptors (Lipinski definition) is 3. The fourth-order valence-corrected chi connectivity index (χ4v) is 4.19. The summed E-state index contributed by atoms with van der Waals surface area (Å²) < 4.78 is 19.5. The average Bonchev–Trinajstić information content (AvgIpc) is 3.21. The predicted molar refractivity (Wildman–Crippen MR) is 113 cm³/mol. The number of hydrogen-bond donors (Lipinski definition) is 2. The molecule has 29 heavy (non-hydrogen) atoms. The number of benzene rings is 1. The molecule has 0 spiro atoms. The van der Waals surface area contributed by atoms with Gasteiger partial charge in [0.1, 0.15) is 5.82 Å². The Labute approximate surface area is 172 Å². The molecule has 2 saturated heterocycles. The van der Waals surface area contributed by atoms with Crippen molar-refractivity contribution in [3.63, 3.8) is 0 Å². The SMILES string of the molecule is CCNC(=NCC1(c2cccc(F)c2)CCOCC1)NC1CCN(C(=O)CC)C1. The first-order chi connectivity index (χ1) is 14.1. The first-order valence-electron chi connectivity index (χ1n) is 10.7. The molecule has 0 radical (unpaired) electrons. The van der Waals surface area contributed by atoms with Gasteiger partial charge in [-0.3, -0.25) is 9.79 Å². The summed E-state index contributed by atoms with van der Waals surface area (Å²) in [6.07, 6.45) is 3.10. The van der Waals surface area contributed by atoms with Crippen molar-refractivity contribution in [2.75, 3.05) is 39.4 Å². The van der Waals surface area contributed by atoms with Crippen molar-refractivity contribution in [2.24, 2.45) is 4.99 Å². The van der Waals surface area contributed by atoms with E-state index in [0.29, 0.717) is 32.7 Å². The normalized spacial score (nSPS) is 21.8. The number of carbonyl (C=O) groups is 1. The molecule has 1 atom stereocenters. The third-order valence-electron chi connectivity index (χ3n) is 5.96. The summed E-state index contributed by atoms with van der Waals surface area (Å²) in [5.74, 6) is 0.739. The second kappa shape index (κ2) is 10.1. The summed E-state index contributed by atoms with van der Waals surface area (Å²) in [6.45, 7) is 8.07. The molecule has 2 aliphatic heterocycles. The molecule has 0 aromatic heterocycles. The van der Waals surface area contributed by atoms with Crippen molar-refractivity contribution < 1.29 is 13.9 Å². The molecule has 2 N–H and O–H groups in total. The summed E-state index contributed by atoms with van der Waals surface area (Å²) >= 11 is 0. The summed E-state index contributed by atoms with van der Waals surface area (Å²) in [5, 5.41) is 6.80. The van der Waals surface area contributed by atoms with Gasteiger partial charge in [0.2, 0.25) is 5.91 Å². The fraction of sp³-hybridized carbons (Fsp3) is 0.636. The van der Waals surface area contributed by atoms with Crippen LogP contribution in [0.25, 0.3) is 0 Å². The Hall–Kier alpha value is -2.15. The Morgan fingerprint density at radius 3 is 2.83 bits per heavy atom. The molecule has 2 heterocycles. The predicted octanol–water partition coefficient (Wildman–Crippen LogP) is 2.44. The lowest BCUT2D eigenvalue weighted by Gasteiger charge is -2.36. The topological polar surface area (TPSA) is 66.0 Å². The van der Waals surface area contributed by atoms with Gasteiger partial charge in [0, 0.05) is 50.7 Å². The smallest absolute Gasteiger partial charge is 0.222 e. The summed E-state index contributed by atoms with van der Waals surface area (Å²) in [7, 11) is 0. The Bertz CT molecular complexity index is 719. The zero-order valence-electron chi connectivity index (χ0n) is 17.5. The van der Waals surface area contributed by atoms with Gasteiger partial charge in [-0.2, -0.15) is 0 Å². The van der Waals surface area contributed by atoms with Gasteiger partial charge < -0.3 is 20.3 Å². The van der Waals surface area contributed by atoms with Crippen LogP contribution in [0.1, 0.15) is 45.1 Å². The number of nitrogens with one attached hydrogen (secondary N) is 2. The summed E-state index contributed by atoms with van der Waals surface area (Å²) in [6, 6.07) is 7.08. The maximum Gasteiger partial charge on any atom is 0.222 e. The second-order valence-corrected chi connectivity index (χ2v) is 7.92. The second-order valence-electron chi connectivity index (χ2n) is 7.92. The molecule has 0 aliphatic carbocycles. The monoisotopic (exact) mass is 404 g/mol. The minimum absolute atomic E-state index is 0.197. The quantitative estimate of drug-likeness (QED) is 0.565. The van der Waals surface area contributed by atoms with Crippen molar-refractivity contribution >= 4 is 11.9 Å². The molecule has 3 rings (SSSR count). The zero-order chi connectivity index (χ0) is 20.7. The van der Waals surface area contributed by atoms with Crippen molar-refractivity contribution in [2.45, 2.75) is 51.0 Å². The highest BCUT2D eigenvalue weighted by molar-refractivity contribution is 5.80. The molecule has 1 unspecified atom stereocenters. The molecular formula is C22H33FN4O2. The van der Waals surface area contributed by atoms with Crippen LogP contribution in [0.3, 0.4) is 0 Å². The van der Waals surface area contributed by atoms with E-state index in [0.717, 1.165) is 43.9 Å². The first-order valence-corrected chi connectivity index (χ1v) is 10.7. The molecule has 7 heteroatoms. The van der Waals surface area contributed by atoms with E-state index in [9.17, 15) is 9.18 Å². The Morgan fingerprint density at radius 1 is 1.34 bits per heavy atom. The van der Waals surface area contributed by atoms with E-state index < -0.39 is 0 Å². The average molecular weight is 405 g/mol. The molecule has 1 amide bonds. The van der Waals surface area contributed by atoms with Gasteiger partial charge in [0.05, 0.1) is 6.54 Å². The molecule has 0 bridgehead atoms.